The van der Waals surface area contributed by atoms with Gasteiger partial charge in [-0.15, -0.1) is 11.8 Å². The Hall–Kier alpha value is -0.690. The van der Waals surface area contributed by atoms with Crippen molar-refractivity contribution in [2.75, 3.05) is 5.33 Å². The quantitative estimate of drug-likeness (QED) is 0.284. The predicted octanol–water partition coefficient (Wildman–Crippen LogP) is 6.29. The van der Waals surface area contributed by atoms with Crippen molar-refractivity contribution >= 4 is 22.0 Å². The Morgan fingerprint density at radius 3 is 2.58 bits per heavy atom. The van der Waals surface area contributed by atoms with Crippen molar-refractivity contribution < 1.29 is 9.53 Å². The summed E-state index contributed by atoms with van der Waals surface area (Å²) in [5.41, 5.74) is -0.435. The molecule has 0 N–H and O–H groups in total. The third kappa shape index (κ3) is 6.80. The molecule has 0 radical (unpaired) electrons. The molecule has 0 aromatic carbocycles. The minimum atomic E-state index is -0.435. The number of unbranched alkanes of at least 4 members (excludes halogenated alkanes) is 4. The monoisotopic (exact) mass is 425 g/mol. The highest BCUT2D eigenvalue weighted by atomic mass is 79.9. The minimum Gasteiger partial charge on any atom is -0.444 e. The van der Waals surface area contributed by atoms with E-state index in [4.69, 9.17) is 4.74 Å². The maximum absolute atomic E-state index is 12.8. The highest BCUT2D eigenvalue weighted by Crippen LogP contribution is 2.41. The van der Waals surface area contributed by atoms with Crippen LogP contribution in [0.5, 0.6) is 0 Å². The third-order valence-electron chi connectivity index (χ3n) is 5.45. The molecule has 1 aliphatic heterocycles. The van der Waals surface area contributed by atoms with Crippen molar-refractivity contribution in [1.82, 2.24) is 4.90 Å². The van der Waals surface area contributed by atoms with E-state index in [9.17, 15) is 4.79 Å². The Morgan fingerprint density at radius 1 is 1.12 bits per heavy atom. The molecule has 1 saturated carbocycles. The van der Waals surface area contributed by atoms with E-state index >= 15 is 0 Å². The summed E-state index contributed by atoms with van der Waals surface area (Å²) in [6.45, 7) is 5.84. The van der Waals surface area contributed by atoms with Gasteiger partial charge in [0, 0.05) is 30.3 Å². The maximum Gasteiger partial charge on any atom is 0.410 e. The number of likely N-dealkylation sites (tertiary alicyclic amines) is 1. The molecule has 0 aromatic heterocycles. The summed E-state index contributed by atoms with van der Waals surface area (Å²) in [6.07, 6.45) is 12.6. The van der Waals surface area contributed by atoms with Crippen LogP contribution in [0.1, 0.15) is 91.4 Å². The van der Waals surface area contributed by atoms with Gasteiger partial charge in [-0.05, 0) is 58.8 Å². The SMILES string of the molecule is CC(C)(C)OC(=O)N1C(CC#CCCCCCCBr)CC2CCCCC21. The molecule has 0 spiro atoms. The van der Waals surface area contributed by atoms with E-state index in [1.807, 2.05) is 20.8 Å². The average Bonchev–Trinajstić information content (AvgIpc) is 2.94. The summed E-state index contributed by atoms with van der Waals surface area (Å²) in [5, 5.41) is 1.10. The molecule has 1 amide bonds. The molecule has 1 heterocycles. The van der Waals surface area contributed by atoms with Gasteiger partial charge in [-0.2, -0.15) is 0 Å². The first-order valence-corrected chi connectivity index (χ1v) is 11.6. The lowest BCUT2D eigenvalue weighted by Gasteiger charge is -2.35. The Labute approximate surface area is 168 Å². The van der Waals surface area contributed by atoms with E-state index in [2.05, 4.69) is 32.7 Å². The molecule has 148 valence electrons. The normalized spacial score (nSPS) is 25.4. The molecule has 1 aliphatic carbocycles. The molecule has 3 unspecified atom stereocenters. The van der Waals surface area contributed by atoms with Crippen molar-refractivity contribution in [3.05, 3.63) is 0 Å². The van der Waals surface area contributed by atoms with Crippen LogP contribution in [0.3, 0.4) is 0 Å². The zero-order chi connectivity index (χ0) is 19.0. The average molecular weight is 426 g/mol. The van der Waals surface area contributed by atoms with E-state index in [0.29, 0.717) is 12.0 Å². The summed E-state index contributed by atoms with van der Waals surface area (Å²) >= 11 is 3.47. The number of carbonyl (C=O) groups excluding carboxylic acids is 1. The number of hydrogen-bond donors (Lipinski definition) is 0. The van der Waals surface area contributed by atoms with Gasteiger partial charge in [0.05, 0.1) is 0 Å². The van der Waals surface area contributed by atoms with Gasteiger partial charge in [-0.1, -0.05) is 41.6 Å². The predicted molar refractivity (Wildman–Crippen MR) is 111 cm³/mol. The number of rotatable bonds is 6. The van der Waals surface area contributed by atoms with Gasteiger partial charge >= 0.3 is 6.09 Å². The summed E-state index contributed by atoms with van der Waals surface area (Å²) < 4.78 is 5.72. The lowest BCUT2D eigenvalue weighted by molar-refractivity contribution is 0.0108. The Bertz CT molecular complexity index is 502. The van der Waals surface area contributed by atoms with Crippen LogP contribution in [0.25, 0.3) is 0 Å². The summed E-state index contributed by atoms with van der Waals surface area (Å²) in [7, 11) is 0. The second-order valence-electron chi connectivity index (χ2n) is 8.80. The van der Waals surface area contributed by atoms with Crippen molar-refractivity contribution in [2.45, 2.75) is 109 Å². The standard InChI is InChI=1S/C22H36BrNO2/c1-22(2,3)26-21(25)24-19(17-18-13-10-11-15-20(18)24)14-9-7-5-4-6-8-12-16-23/h18-20H,4-6,8,10-17H2,1-3H3. The molecule has 3 nitrogen and oxygen atoms in total. The third-order valence-corrected chi connectivity index (χ3v) is 6.01. The lowest BCUT2D eigenvalue weighted by Crippen LogP contribution is -2.45. The number of halogens is 1. The van der Waals surface area contributed by atoms with E-state index in [0.717, 1.165) is 31.0 Å². The van der Waals surface area contributed by atoms with Crippen LogP contribution in [-0.2, 0) is 4.74 Å². The van der Waals surface area contributed by atoms with Gasteiger partial charge < -0.3 is 9.64 Å². The fraction of sp³-hybridized carbons (Fsp3) is 0.864. The number of amides is 1. The zero-order valence-electron chi connectivity index (χ0n) is 16.9. The van der Waals surface area contributed by atoms with Gasteiger partial charge in [0.2, 0.25) is 0 Å². The van der Waals surface area contributed by atoms with Crippen molar-refractivity contribution in [1.29, 1.82) is 0 Å². The van der Waals surface area contributed by atoms with E-state index in [1.165, 1.54) is 44.9 Å². The van der Waals surface area contributed by atoms with E-state index < -0.39 is 5.60 Å². The van der Waals surface area contributed by atoms with Gasteiger partial charge in [-0.3, -0.25) is 0 Å². The van der Waals surface area contributed by atoms with Gasteiger partial charge in [-0.25, -0.2) is 4.79 Å². The minimum absolute atomic E-state index is 0.131. The summed E-state index contributed by atoms with van der Waals surface area (Å²) in [6, 6.07) is 0.605. The number of ether oxygens (including phenoxy) is 1. The second-order valence-corrected chi connectivity index (χ2v) is 9.59. The van der Waals surface area contributed by atoms with Crippen LogP contribution < -0.4 is 0 Å². The lowest BCUT2D eigenvalue weighted by atomic mass is 9.84. The van der Waals surface area contributed by atoms with Gasteiger partial charge in [0.25, 0.3) is 0 Å². The van der Waals surface area contributed by atoms with Gasteiger partial charge in [0.1, 0.15) is 5.60 Å². The molecule has 0 bridgehead atoms. The first kappa shape index (κ1) is 21.6. The largest absolute Gasteiger partial charge is 0.444 e. The van der Waals surface area contributed by atoms with Crippen molar-refractivity contribution in [2.24, 2.45) is 5.92 Å². The molecule has 2 rings (SSSR count). The fourth-order valence-electron chi connectivity index (χ4n) is 4.28. The number of fused-ring (bicyclic) bond motifs is 1. The van der Waals surface area contributed by atoms with Crippen molar-refractivity contribution in [3.8, 4) is 11.8 Å². The molecule has 26 heavy (non-hydrogen) atoms. The number of carbonyl (C=O) groups is 1. The number of hydrogen-bond acceptors (Lipinski definition) is 2. The van der Waals surface area contributed by atoms with E-state index in [1.54, 1.807) is 0 Å². The molecule has 2 fully saturated rings. The molecular weight excluding hydrogens is 390 g/mol. The van der Waals surface area contributed by atoms with Crippen LogP contribution in [0.2, 0.25) is 0 Å². The number of nitrogens with zero attached hydrogens (tertiary/aromatic N) is 1. The summed E-state index contributed by atoms with van der Waals surface area (Å²) in [4.78, 5) is 14.9. The highest BCUT2D eigenvalue weighted by Gasteiger charge is 2.45. The van der Waals surface area contributed by atoms with E-state index in [-0.39, 0.29) is 12.1 Å². The molecule has 1 saturated heterocycles. The molecule has 2 aliphatic rings. The Balaban J connectivity index is 1.89. The summed E-state index contributed by atoms with van der Waals surface area (Å²) in [5.74, 6) is 7.35. The Morgan fingerprint density at radius 2 is 1.85 bits per heavy atom. The molecule has 4 heteroatoms. The maximum atomic E-state index is 12.8. The Kier molecular flexibility index (Phi) is 8.80. The number of alkyl halides is 1. The first-order chi connectivity index (χ1) is 12.4. The van der Waals surface area contributed by atoms with Crippen LogP contribution >= 0.6 is 15.9 Å². The zero-order valence-corrected chi connectivity index (χ0v) is 18.4. The molecular formula is C22H36BrNO2. The van der Waals surface area contributed by atoms with Crippen LogP contribution in [0.4, 0.5) is 4.79 Å². The fourth-order valence-corrected chi connectivity index (χ4v) is 4.68. The van der Waals surface area contributed by atoms with Gasteiger partial charge in [0.15, 0.2) is 0 Å². The molecule has 3 atom stereocenters. The smallest absolute Gasteiger partial charge is 0.410 e. The first-order valence-electron chi connectivity index (χ1n) is 10.5. The highest BCUT2D eigenvalue weighted by molar-refractivity contribution is 9.09. The second kappa shape index (κ2) is 10.6. The van der Waals surface area contributed by atoms with Crippen LogP contribution in [0, 0.1) is 17.8 Å². The molecule has 0 aromatic rings. The van der Waals surface area contributed by atoms with Crippen molar-refractivity contribution in [3.63, 3.8) is 0 Å². The topological polar surface area (TPSA) is 29.5 Å². The van der Waals surface area contributed by atoms with Crippen LogP contribution in [0.15, 0.2) is 0 Å². The van der Waals surface area contributed by atoms with Crippen LogP contribution in [-0.4, -0.2) is 34.0 Å².